The molecule has 0 radical (unpaired) electrons. The molecule has 2 N–H and O–H groups in total. The predicted molar refractivity (Wildman–Crippen MR) is 30.4 cm³/mol. The number of nitrogens with two attached hydrogens (primary N) is 1. The molecule has 1 atom stereocenters. The van der Waals surface area contributed by atoms with Gasteiger partial charge >= 0.3 is 0 Å². The molecule has 0 bridgehead atoms. The third-order valence-corrected chi connectivity index (χ3v) is 0.577. The number of carboxylic acid groups (broad SMARTS) is 1. The molecular formula is C5H10NO3-. The van der Waals surface area contributed by atoms with E-state index < -0.39 is 18.4 Å². The van der Waals surface area contributed by atoms with Crippen LogP contribution in [0.15, 0.2) is 0 Å². The Morgan fingerprint density at radius 3 is 2.33 bits per heavy atom. The van der Waals surface area contributed by atoms with E-state index in [1.807, 2.05) is 0 Å². The van der Waals surface area contributed by atoms with Crippen molar-refractivity contribution in [2.45, 2.75) is 19.9 Å². The third-order valence-electron chi connectivity index (χ3n) is 0.577. The molecule has 0 rings (SSSR count). The van der Waals surface area contributed by atoms with Crippen LogP contribution in [0.1, 0.15) is 13.8 Å². The monoisotopic (exact) mass is 132 g/mol. The molecule has 0 aromatic heterocycles. The van der Waals surface area contributed by atoms with Gasteiger partial charge in [0.2, 0.25) is 0 Å². The largest absolute Gasteiger partial charge is 0.550 e. The van der Waals surface area contributed by atoms with Gasteiger partial charge in [0.05, 0.1) is 6.04 Å². The van der Waals surface area contributed by atoms with Crippen LogP contribution in [0.5, 0.6) is 0 Å². The van der Waals surface area contributed by atoms with Crippen LogP contribution in [0.25, 0.3) is 0 Å². The first-order valence-corrected chi connectivity index (χ1v) is 2.07. The van der Waals surface area contributed by atoms with Crippen LogP contribution in [0.3, 0.4) is 0 Å². The minimum Gasteiger partial charge on any atom is -0.550 e. The summed E-state index contributed by atoms with van der Waals surface area (Å²) in [5.74, 6) is -1.30. The van der Waals surface area contributed by atoms with Crippen LogP contribution in [0, 0.1) is 0 Å². The summed E-state index contributed by atoms with van der Waals surface area (Å²) in [6.07, 6.45) is -0.0285. The first-order chi connectivity index (χ1) is 3.66. The second kappa shape index (κ2) is 5.24. The number of hydrogen-bond acceptors (Lipinski definition) is 4. The summed E-state index contributed by atoms with van der Waals surface area (Å²) in [4.78, 5) is 19.2. The predicted octanol–water partition coefficient (Wildman–Crippen LogP) is -1.71. The summed E-state index contributed by atoms with van der Waals surface area (Å²) < 4.78 is 0. The second-order valence-electron chi connectivity index (χ2n) is 1.38. The van der Waals surface area contributed by atoms with Crippen LogP contribution >= 0.6 is 0 Å². The summed E-state index contributed by atoms with van der Waals surface area (Å²) >= 11 is 0. The molecule has 54 valence electrons. The number of carbonyl (C=O) groups is 2. The number of rotatable bonds is 3. The summed E-state index contributed by atoms with van der Waals surface area (Å²) in [6, 6.07) is -0.917. The quantitative estimate of drug-likeness (QED) is 0.463. The number of carbonyl (C=O) groups excluding carboxylic acids is 2. The Kier molecular flexibility index (Phi) is 6.39. The van der Waals surface area contributed by atoms with Gasteiger partial charge in [-0.1, -0.05) is 7.43 Å². The van der Waals surface area contributed by atoms with Crippen LogP contribution in [0.2, 0.25) is 0 Å². The number of aldehydes is 1. The Morgan fingerprint density at radius 1 is 1.78 bits per heavy atom. The van der Waals surface area contributed by atoms with E-state index in [2.05, 4.69) is 0 Å². The van der Waals surface area contributed by atoms with Crippen molar-refractivity contribution < 1.29 is 14.7 Å². The molecule has 0 aliphatic rings. The van der Waals surface area contributed by atoms with E-state index in [1.54, 1.807) is 0 Å². The lowest BCUT2D eigenvalue weighted by atomic mass is 10.2. The molecule has 9 heavy (non-hydrogen) atoms. The zero-order valence-electron chi connectivity index (χ0n) is 4.16. The number of aliphatic carboxylic acids is 1. The van der Waals surface area contributed by atoms with Gasteiger partial charge < -0.3 is 20.4 Å². The fourth-order valence-electron chi connectivity index (χ4n) is 0.241. The van der Waals surface area contributed by atoms with Crippen LogP contribution < -0.4 is 10.8 Å². The molecule has 0 aliphatic carbocycles. The average Bonchev–Trinajstić information content (AvgIpc) is 1.65. The van der Waals surface area contributed by atoms with Gasteiger partial charge in [0.1, 0.15) is 6.29 Å². The van der Waals surface area contributed by atoms with E-state index in [4.69, 9.17) is 5.73 Å². The normalized spacial score (nSPS) is 11.2. The van der Waals surface area contributed by atoms with E-state index in [9.17, 15) is 14.7 Å². The smallest absolute Gasteiger partial charge is 0.137 e. The molecule has 0 spiro atoms. The molecule has 0 saturated carbocycles. The highest BCUT2D eigenvalue weighted by atomic mass is 16.4. The number of hydrogen-bond donors (Lipinski definition) is 1. The highest BCUT2D eigenvalue weighted by molar-refractivity contribution is 5.71. The fraction of sp³-hybridized carbons (Fsp3) is 0.600. The number of carboxylic acids is 1. The molecule has 0 heterocycles. The Balaban J connectivity index is 0. The molecule has 0 fully saturated rings. The van der Waals surface area contributed by atoms with E-state index in [1.165, 1.54) is 0 Å². The van der Waals surface area contributed by atoms with Crippen molar-refractivity contribution in [1.29, 1.82) is 0 Å². The highest BCUT2D eigenvalue weighted by Crippen LogP contribution is 1.77. The van der Waals surface area contributed by atoms with Crippen molar-refractivity contribution in [3.05, 3.63) is 0 Å². The molecule has 0 aliphatic heterocycles. The van der Waals surface area contributed by atoms with Gasteiger partial charge in [-0.25, -0.2) is 0 Å². The molecule has 0 aromatic carbocycles. The maximum atomic E-state index is 9.62. The van der Waals surface area contributed by atoms with Crippen molar-refractivity contribution in [2.24, 2.45) is 5.73 Å². The Hall–Kier alpha value is -0.900. The van der Waals surface area contributed by atoms with Crippen LogP contribution in [-0.4, -0.2) is 18.3 Å². The maximum Gasteiger partial charge on any atom is 0.137 e. The molecule has 4 heteroatoms. The lowest BCUT2D eigenvalue weighted by Gasteiger charge is -2.01. The van der Waals surface area contributed by atoms with Crippen molar-refractivity contribution >= 4 is 12.3 Å². The van der Waals surface area contributed by atoms with Crippen LogP contribution in [-0.2, 0) is 9.59 Å². The lowest BCUT2D eigenvalue weighted by molar-refractivity contribution is -0.305. The van der Waals surface area contributed by atoms with Crippen LogP contribution in [0.4, 0.5) is 0 Å². The average molecular weight is 132 g/mol. The highest BCUT2D eigenvalue weighted by Gasteiger charge is 1.97. The minimum absolute atomic E-state index is 0. The molecule has 0 saturated heterocycles. The van der Waals surface area contributed by atoms with E-state index >= 15 is 0 Å². The lowest BCUT2D eigenvalue weighted by Crippen LogP contribution is -2.32. The Morgan fingerprint density at radius 2 is 2.22 bits per heavy atom. The zero-order chi connectivity index (χ0) is 6.57. The first-order valence-electron chi connectivity index (χ1n) is 2.07. The van der Waals surface area contributed by atoms with Gasteiger partial charge in [-0.15, -0.1) is 0 Å². The van der Waals surface area contributed by atoms with E-state index in [0.717, 1.165) is 0 Å². The summed E-state index contributed by atoms with van der Waals surface area (Å²) in [7, 11) is 0. The second-order valence-corrected chi connectivity index (χ2v) is 1.38. The molecule has 4 nitrogen and oxygen atoms in total. The van der Waals surface area contributed by atoms with E-state index in [-0.39, 0.29) is 7.43 Å². The van der Waals surface area contributed by atoms with Gasteiger partial charge in [0, 0.05) is 12.4 Å². The Labute approximate surface area is 53.7 Å². The van der Waals surface area contributed by atoms with Gasteiger partial charge in [-0.3, -0.25) is 0 Å². The molecule has 0 amide bonds. The standard InChI is InChI=1S/C4H7NO3.CH4/c5-3(2-6)1-4(7)8;/h2-3H,1,5H2,(H,7,8);1H4/p-1/t3-;/m0./s1. The minimum atomic E-state index is -1.30. The van der Waals surface area contributed by atoms with Crippen molar-refractivity contribution in [2.75, 3.05) is 0 Å². The van der Waals surface area contributed by atoms with Crippen molar-refractivity contribution in [3.8, 4) is 0 Å². The van der Waals surface area contributed by atoms with Gasteiger partial charge in [-0.05, 0) is 0 Å². The SMILES string of the molecule is C.N[C@H](C=O)CC(=O)[O-]. The van der Waals surface area contributed by atoms with Gasteiger partial charge in [-0.2, -0.15) is 0 Å². The Bertz CT molecular complexity index is 102. The maximum absolute atomic E-state index is 9.62. The summed E-state index contributed by atoms with van der Waals surface area (Å²) in [5, 5.41) is 9.62. The molecule has 0 unspecified atom stereocenters. The molecule has 0 aromatic rings. The van der Waals surface area contributed by atoms with Gasteiger partial charge in [0.15, 0.2) is 0 Å². The van der Waals surface area contributed by atoms with Crippen molar-refractivity contribution in [1.82, 2.24) is 0 Å². The van der Waals surface area contributed by atoms with E-state index in [0.29, 0.717) is 6.29 Å². The summed E-state index contributed by atoms with van der Waals surface area (Å²) in [6.45, 7) is 0. The third kappa shape index (κ3) is 7.10. The topological polar surface area (TPSA) is 83.2 Å². The van der Waals surface area contributed by atoms with Crippen molar-refractivity contribution in [3.63, 3.8) is 0 Å². The van der Waals surface area contributed by atoms with Gasteiger partial charge in [0.25, 0.3) is 0 Å². The zero-order valence-corrected chi connectivity index (χ0v) is 4.16. The molecular weight excluding hydrogens is 122 g/mol. The fourth-order valence-corrected chi connectivity index (χ4v) is 0.241. The first kappa shape index (κ1) is 11.0. The summed E-state index contributed by atoms with van der Waals surface area (Å²) in [5.41, 5.74) is 4.88.